The maximum Gasteiger partial charge on any atom is 0.335 e. The number of hydrogen-bond acceptors (Lipinski definition) is 4. The number of nitrogens with zero attached hydrogens (tertiary/aromatic N) is 1. The highest BCUT2D eigenvalue weighted by Gasteiger charge is 2.11. The van der Waals surface area contributed by atoms with Crippen LogP contribution in [0.25, 0.3) is 0 Å². The topological polar surface area (TPSA) is 62.2 Å². The van der Waals surface area contributed by atoms with E-state index in [1.807, 2.05) is 18.4 Å². The van der Waals surface area contributed by atoms with Crippen molar-refractivity contribution >= 4 is 33.2 Å². The van der Waals surface area contributed by atoms with E-state index in [1.165, 1.54) is 0 Å². The number of carboxylic acids is 1. The molecule has 4 nitrogen and oxygen atoms in total. The third kappa shape index (κ3) is 3.65. The van der Waals surface area contributed by atoms with Gasteiger partial charge in [-0.1, -0.05) is 22.0 Å². The third-order valence-electron chi connectivity index (χ3n) is 2.91. The molecule has 20 heavy (non-hydrogen) atoms. The predicted octanol–water partition coefficient (Wildman–Crippen LogP) is 3.76. The van der Waals surface area contributed by atoms with Gasteiger partial charge in [-0.3, -0.25) is 0 Å². The van der Waals surface area contributed by atoms with Crippen molar-refractivity contribution in [2.45, 2.75) is 26.4 Å². The molecule has 1 unspecified atom stereocenters. The number of aryl methyl sites for hydroxylation is 1. The zero-order valence-electron chi connectivity index (χ0n) is 11.2. The Kier molecular flexibility index (Phi) is 4.91. The highest BCUT2D eigenvalue weighted by atomic mass is 79.9. The molecule has 0 aliphatic heterocycles. The predicted molar refractivity (Wildman–Crippen MR) is 83.2 cm³/mol. The molecule has 1 heterocycles. The highest BCUT2D eigenvalue weighted by Crippen LogP contribution is 2.21. The third-order valence-corrected chi connectivity index (χ3v) is 4.79. The lowest BCUT2D eigenvalue weighted by atomic mass is 10.1. The van der Waals surface area contributed by atoms with Crippen molar-refractivity contribution in [2.75, 3.05) is 0 Å². The minimum absolute atomic E-state index is 0.166. The van der Waals surface area contributed by atoms with Crippen LogP contribution in [0.4, 0.5) is 0 Å². The van der Waals surface area contributed by atoms with Crippen LogP contribution in [0.3, 0.4) is 0 Å². The fraction of sp³-hybridized carbons (Fsp3) is 0.286. The quantitative estimate of drug-likeness (QED) is 0.857. The minimum Gasteiger partial charge on any atom is -0.478 e. The van der Waals surface area contributed by atoms with E-state index in [9.17, 15) is 4.79 Å². The Morgan fingerprint density at radius 2 is 2.30 bits per heavy atom. The van der Waals surface area contributed by atoms with Crippen molar-refractivity contribution in [2.24, 2.45) is 0 Å². The Labute approximate surface area is 130 Å². The van der Waals surface area contributed by atoms with Crippen molar-refractivity contribution in [3.63, 3.8) is 0 Å². The fourth-order valence-electron chi connectivity index (χ4n) is 1.75. The summed E-state index contributed by atoms with van der Waals surface area (Å²) in [7, 11) is 0. The summed E-state index contributed by atoms with van der Waals surface area (Å²) in [4.78, 5) is 15.3. The number of halogens is 1. The molecule has 1 aromatic heterocycles. The maximum absolute atomic E-state index is 10.9. The number of nitrogens with one attached hydrogen (secondary N) is 1. The van der Waals surface area contributed by atoms with Gasteiger partial charge in [0.2, 0.25) is 0 Å². The van der Waals surface area contributed by atoms with Gasteiger partial charge in [0.05, 0.1) is 11.6 Å². The average Bonchev–Trinajstić information content (AvgIpc) is 2.83. The van der Waals surface area contributed by atoms with E-state index in [1.54, 1.807) is 23.5 Å². The first kappa shape index (κ1) is 15.2. The van der Waals surface area contributed by atoms with Crippen LogP contribution in [0, 0.1) is 6.92 Å². The second-order valence-corrected chi connectivity index (χ2v) is 6.29. The average molecular weight is 355 g/mol. The van der Waals surface area contributed by atoms with Crippen LogP contribution in [-0.2, 0) is 6.54 Å². The van der Waals surface area contributed by atoms with Gasteiger partial charge in [0, 0.05) is 22.1 Å². The molecule has 106 valence electrons. The largest absolute Gasteiger partial charge is 0.478 e. The van der Waals surface area contributed by atoms with E-state index in [0.29, 0.717) is 6.54 Å². The molecule has 1 atom stereocenters. The Bertz CT molecular complexity index is 627. The molecular formula is C14H15BrN2O2S. The summed E-state index contributed by atoms with van der Waals surface area (Å²) in [5.74, 6) is -0.920. The molecule has 0 saturated heterocycles. The second-order valence-electron chi connectivity index (χ2n) is 4.54. The first-order valence-electron chi connectivity index (χ1n) is 6.14. The summed E-state index contributed by atoms with van der Waals surface area (Å²) in [5.41, 5.74) is 2.34. The lowest BCUT2D eigenvalue weighted by molar-refractivity contribution is 0.0697. The molecule has 0 aliphatic carbocycles. The van der Waals surface area contributed by atoms with Crippen LogP contribution < -0.4 is 5.32 Å². The minimum atomic E-state index is -0.920. The van der Waals surface area contributed by atoms with Crippen LogP contribution in [0.2, 0.25) is 0 Å². The van der Waals surface area contributed by atoms with E-state index >= 15 is 0 Å². The first-order chi connectivity index (χ1) is 9.47. The Hall–Kier alpha value is -1.24. The van der Waals surface area contributed by atoms with Gasteiger partial charge in [0.1, 0.15) is 5.01 Å². The van der Waals surface area contributed by atoms with Crippen LogP contribution in [-0.4, -0.2) is 16.1 Å². The Morgan fingerprint density at radius 1 is 1.55 bits per heavy atom. The summed E-state index contributed by atoms with van der Waals surface area (Å²) < 4.78 is 0.799. The molecule has 0 saturated carbocycles. The van der Waals surface area contributed by atoms with E-state index in [-0.39, 0.29) is 11.6 Å². The van der Waals surface area contributed by atoms with Gasteiger partial charge in [-0.2, -0.15) is 0 Å². The molecule has 0 aliphatic rings. The van der Waals surface area contributed by atoms with Gasteiger partial charge in [0.15, 0.2) is 0 Å². The monoisotopic (exact) mass is 354 g/mol. The number of carboxylic acid groups (broad SMARTS) is 1. The summed E-state index contributed by atoms with van der Waals surface area (Å²) >= 11 is 5.05. The van der Waals surface area contributed by atoms with Crippen LogP contribution >= 0.6 is 27.3 Å². The van der Waals surface area contributed by atoms with Crippen LogP contribution in [0.1, 0.15) is 39.6 Å². The van der Waals surface area contributed by atoms with Gasteiger partial charge in [-0.05, 0) is 31.5 Å². The van der Waals surface area contributed by atoms with E-state index < -0.39 is 5.97 Å². The normalized spacial score (nSPS) is 12.3. The smallest absolute Gasteiger partial charge is 0.335 e. The highest BCUT2D eigenvalue weighted by molar-refractivity contribution is 9.10. The molecule has 0 spiro atoms. The molecule has 1 aromatic carbocycles. The SMILES string of the molecule is Cc1csc(C(C)NCc2ccc(C(=O)O)cc2Br)n1. The van der Waals surface area contributed by atoms with E-state index in [2.05, 4.69) is 33.2 Å². The Balaban J connectivity index is 2.02. The van der Waals surface area contributed by atoms with Crippen LogP contribution in [0.15, 0.2) is 28.1 Å². The number of aromatic carboxylic acids is 1. The molecule has 2 N–H and O–H groups in total. The number of thiazole rings is 1. The van der Waals surface area contributed by atoms with Crippen molar-refractivity contribution in [3.05, 3.63) is 49.9 Å². The molecular weight excluding hydrogens is 340 g/mol. The summed E-state index contributed by atoms with van der Waals surface area (Å²) in [5, 5.41) is 15.4. The van der Waals surface area contributed by atoms with E-state index in [0.717, 1.165) is 20.7 Å². The molecule has 0 amide bonds. The second kappa shape index (κ2) is 6.47. The van der Waals surface area contributed by atoms with E-state index in [4.69, 9.17) is 5.11 Å². The molecule has 2 aromatic rings. The van der Waals surface area contributed by atoms with Gasteiger partial charge in [0.25, 0.3) is 0 Å². The Morgan fingerprint density at radius 3 is 2.85 bits per heavy atom. The standard InChI is InChI=1S/C14H15BrN2O2S/c1-8-7-20-13(17-8)9(2)16-6-11-4-3-10(14(18)19)5-12(11)15/h3-5,7,9,16H,6H2,1-2H3,(H,18,19). The number of aromatic nitrogens is 1. The lowest BCUT2D eigenvalue weighted by Gasteiger charge is -2.12. The van der Waals surface area contributed by atoms with Crippen molar-refractivity contribution < 1.29 is 9.90 Å². The number of hydrogen-bond donors (Lipinski definition) is 2. The number of carbonyl (C=O) groups is 1. The zero-order valence-corrected chi connectivity index (χ0v) is 13.6. The molecule has 0 fully saturated rings. The fourth-order valence-corrected chi connectivity index (χ4v) is 3.09. The van der Waals surface area contributed by atoms with Crippen LogP contribution in [0.5, 0.6) is 0 Å². The number of rotatable bonds is 5. The number of benzene rings is 1. The molecule has 6 heteroatoms. The zero-order chi connectivity index (χ0) is 14.7. The van der Waals surface area contributed by atoms with Crippen molar-refractivity contribution in [1.29, 1.82) is 0 Å². The van der Waals surface area contributed by atoms with Gasteiger partial charge in [-0.25, -0.2) is 9.78 Å². The lowest BCUT2D eigenvalue weighted by Crippen LogP contribution is -2.18. The van der Waals surface area contributed by atoms with Crippen molar-refractivity contribution in [1.82, 2.24) is 10.3 Å². The maximum atomic E-state index is 10.9. The molecule has 2 rings (SSSR count). The first-order valence-corrected chi connectivity index (χ1v) is 7.81. The van der Waals surface area contributed by atoms with Gasteiger partial charge >= 0.3 is 5.97 Å². The van der Waals surface area contributed by atoms with Gasteiger partial charge in [-0.15, -0.1) is 11.3 Å². The summed E-state index contributed by atoms with van der Waals surface area (Å²) in [6.45, 7) is 4.70. The molecule has 0 radical (unpaired) electrons. The summed E-state index contributed by atoms with van der Waals surface area (Å²) in [6, 6.07) is 5.22. The van der Waals surface area contributed by atoms with Gasteiger partial charge < -0.3 is 10.4 Å². The van der Waals surface area contributed by atoms with Crippen molar-refractivity contribution in [3.8, 4) is 0 Å². The molecule has 0 bridgehead atoms. The summed E-state index contributed by atoms with van der Waals surface area (Å²) in [6.07, 6.45) is 0.